The first-order chi connectivity index (χ1) is 13.1. The Morgan fingerprint density at radius 2 is 2.00 bits per heavy atom. The van der Waals surface area contributed by atoms with Crippen molar-refractivity contribution in [1.29, 1.82) is 0 Å². The van der Waals surface area contributed by atoms with Gasteiger partial charge in [-0.05, 0) is 56.7 Å². The molecule has 0 aliphatic heterocycles. The molecule has 6 heteroatoms. The molecule has 3 rings (SSSR count). The van der Waals surface area contributed by atoms with E-state index in [4.69, 9.17) is 16.6 Å². The zero-order valence-electron chi connectivity index (χ0n) is 16.5. The van der Waals surface area contributed by atoms with Crippen LogP contribution in [0.4, 0.5) is 0 Å². The van der Waals surface area contributed by atoms with E-state index in [9.17, 15) is 4.21 Å². The fraction of sp³-hybridized carbons (Fsp3) is 0.667. The normalized spacial score (nSPS) is 25.7. The SMILES string of the molecule is CCNC(=NCC1(c2ccc(Cl)cc2)CC1)NC1CCCC(S(=O)CC)C1. The summed E-state index contributed by atoms with van der Waals surface area (Å²) < 4.78 is 12.2. The van der Waals surface area contributed by atoms with Gasteiger partial charge in [0.1, 0.15) is 0 Å². The fourth-order valence-electron chi connectivity index (χ4n) is 3.99. The van der Waals surface area contributed by atoms with Gasteiger partial charge in [0.15, 0.2) is 5.96 Å². The Kier molecular flexibility index (Phi) is 7.21. The van der Waals surface area contributed by atoms with Crippen molar-refractivity contribution in [3.63, 3.8) is 0 Å². The van der Waals surface area contributed by atoms with Crippen molar-refractivity contribution in [2.75, 3.05) is 18.8 Å². The third kappa shape index (κ3) is 5.47. The van der Waals surface area contributed by atoms with Crippen molar-refractivity contribution in [3.8, 4) is 0 Å². The quantitative estimate of drug-likeness (QED) is 0.528. The molecule has 2 aliphatic rings. The van der Waals surface area contributed by atoms with Crippen LogP contribution in [0.2, 0.25) is 5.02 Å². The second-order valence-electron chi connectivity index (χ2n) is 7.78. The topological polar surface area (TPSA) is 53.5 Å². The molecule has 2 saturated carbocycles. The van der Waals surface area contributed by atoms with E-state index in [-0.39, 0.29) is 5.41 Å². The van der Waals surface area contributed by atoms with Crippen LogP contribution in [-0.2, 0) is 16.2 Å². The van der Waals surface area contributed by atoms with Crippen LogP contribution in [0.5, 0.6) is 0 Å². The van der Waals surface area contributed by atoms with Crippen LogP contribution in [0.3, 0.4) is 0 Å². The number of benzene rings is 1. The van der Waals surface area contributed by atoms with E-state index in [0.717, 1.165) is 55.5 Å². The molecular weight excluding hydrogens is 378 g/mol. The van der Waals surface area contributed by atoms with Crippen molar-refractivity contribution in [1.82, 2.24) is 10.6 Å². The van der Waals surface area contributed by atoms with Crippen LogP contribution < -0.4 is 10.6 Å². The van der Waals surface area contributed by atoms with Gasteiger partial charge in [-0.1, -0.05) is 37.1 Å². The van der Waals surface area contributed by atoms with Gasteiger partial charge < -0.3 is 10.6 Å². The lowest BCUT2D eigenvalue weighted by Crippen LogP contribution is -2.47. The molecule has 3 unspecified atom stereocenters. The highest BCUT2D eigenvalue weighted by molar-refractivity contribution is 7.85. The Balaban J connectivity index is 1.63. The van der Waals surface area contributed by atoms with Gasteiger partial charge in [0.05, 0.1) is 6.54 Å². The molecule has 1 aromatic rings. The summed E-state index contributed by atoms with van der Waals surface area (Å²) in [6.07, 6.45) is 6.70. The number of hydrogen-bond acceptors (Lipinski definition) is 2. The standard InChI is InChI=1S/C21H32ClN3OS/c1-3-23-20(25-18-6-5-7-19(14-18)27(26)4-2)24-15-21(12-13-21)16-8-10-17(22)11-9-16/h8-11,18-19H,3-7,12-15H2,1-2H3,(H2,23,24,25). The third-order valence-corrected chi connectivity index (χ3v) is 7.81. The van der Waals surface area contributed by atoms with Crippen LogP contribution in [0.1, 0.15) is 57.9 Å². The first-order valence-electron chi connectivity index (χ1n) is 10.2. The summed E-state index contributed by atoms with van der Waals surface area (Å²) in [6.45, 7) is 5.75. The summed E-state index contributed by atoms with van der Waals surface area (Å²) in [7, 11) is -0.698. The van der Waals surface area contributed by atoms with Crippen molar-refractivity contribution < 1.29 is 4.21 Å². The van der Waals surface area contributed by atoms with Crippen LogP contribution in [-0.4, -0.2) is 40.3 Å². The molecule has 0 bridgehead atoms. The van der Waals surface area contributed by atoms with Gasteiger partial charge in [0.2, 0.25) is 0 Å². The second-order valence-corrected chi connectivity index (χ2v) is 10.2. The monoisotopic (exact) mass is 409 g/mol. The molecule has 3 atom stereocenters. The Morgan fingerprint density at radius 1 is 1.26 bits per heavy atom. The molecule has 27 heavy (non-hydrogen) atoms. The number of nitrogens with one attached hydrogen (secondary N) is 2. The molecule has 2 fully saturated rings. The third-order valence-electron chi connectivity index (χ3n) is 5.82. The highest BCUT2D eigenvalue weighted by atomic mass is 35.5. The van der Waals surface area contributed by atoms with E-state index >= 15 is 0 Å². The number of guanidine groups is 1. The van der Waals surface area contributed by atoms with Gasteiger partial charge in [-0.25, -0.2) is 0 Å². The average molecular weight is 410 g/mol. The highest BCUT2D eigenvalue weighted by Crippen LogP contribution is 2.48. The van der Waals surface area contributed by atoms with Crippen molar-refractivity contribution >= 4 is 28.4 Å². The van der Waals surface area contributed by atoms with Crippen LogP contribution >= 0.6 is 11.6 Å². The van der Waals surface area contributed by atoms with Gasteiger partial charge in [-0.15, -0.1) is 0 Å². The van der Waals surface area contributed by atoms with Crippen molar-refractivity contribution in [3.05, 3.63) is 34.9 Å². The molecule has 2 N–H and O–H groups in total. The molecule has 0 saturated heterocycles. The molecule has 150 valence electrons. The first-order valence-corrected chi connectivity index (χ1v) is 12.0. The van der Waals surface area contributed by atoms with Gasteiger partial charge in [-0.2, -0.15) is 0 Å². The Bertz CT molecular complexity index is 673. The molecule has 0 spiro atoms. The minimum Gasteiger partial charge on any atom is -0.357 e. The largest absolute Gasteiger partial charge is 0.357 e. The number of halogens is 1. The lowest BCUT2D eigenvalue weighted by atomic mass is 9.95. The second kappa shape index (κ2) is 9.42. The van der Waals surface area contributed by atoms with Gasteiger partial charge >= 0.3 is 0 Å². The maximum atomic E-state index is 12.2. The Labute approximate surface area is 171 Å². The van der Waals surface area contributed by atoms with E-state index < -0.39 is 10.8 Å². The summed E-state index contributed by atoms with van der Waals surface area (Å²) in [5, 5.41) is 8.11. The minimum atomic E-state index is -0.698. The molecule has 0 radical (unpaired) electrons. The van der Waals surface area contributed by atoms with Crippen LogP contribution in [0, 0.1) is 0 Å². The number of nitrogens with zero attached hydrogens (tertiary/aromatic N) is 1. The minimum absolute atomic E-state index is 0.172. The number of rotatable bonds is 7. The molecule has 4 nitrogen and oxygen atoms in total. The molecular formula is C21H32ClN3OS. The summed E-state index contributed by atoms with van der Waals surface area (Å²) in [5.74, 6) is 1.65. The van der Waals surface area contributed by atoms with Crippen molar-refractivity contribution in [2.24, 2.45) is 4.99 Å². The summed E-state index contributed by atoms with van der Waals surface area (Å²) in [4.78, 5) is 4.92. The fourth-order valence-corrected chi connectivity index (χ4v) is 5.46. The van der Waals surface area contributed by atoms with Gasteiger partial charge in [-0.3, -0.25) is 9.20 Å². The smallest absolute Gasteiger partial charge is 0.191 e. The Morgan fingerprint density at radius 3 is 2.63 bits per heavy atom. The van der Waals surface area contributed by atoms with E-state index in [1.807, 2.05) is 19.1 Å². The van der Waals surface area contributed by atoms with E-state index in [1.54, 1.807) is 0 Å². The summed E-state index contributed by atoms with van der Waals surface area (Å²) in [6, 6.07) is 8.58. The number of aliphatic imine (C=N–C) groups is 1. The van der Waals surface area contributed by atoms with E-state index in [2.05, 4.69) is 29.7 Å². The van der Waals surface area contributed by atoms with Crippen molar-refractivity contribution in [2.45, 2.75) is 69.1 Å². The molecule has 2 aliphatic carbocycles. The molecule has 0 amide bonds. The van der Waals surface area contributed by atoms with E-state index in [0.29, 0.717) is 11.3 Å². The maximum absolute atomic E-state index is 12.2. The van der Waals surface area contributed by atoms with Crippen LogP contribution in [0.25, 0.3) is 0 Å². The number of hydrogen-bond donors (Lipinski definition) is 2. The zero-order chi connectivity index (χ0) is 19.3. The lowest BCUT2D eigenvalue weighted by Gasteiger charge is -2.30. The molecule has 1 aromatic carbocycles. The Hall–Kier alpha value is -1.07. The maximum Gasteiger partial charge on any atom is 0.191 e. The predicted octanol–water partition coefficient (Wildman–Crippen LogP) is 4.01. The van der Waals surface area contributed by atoms with E-state index in [1.165, 1.54) is 18.4 Å². The molecule has 0 heterocycles. The lowest BCUT2D eigenvalue weighted by molar-refractivity contribution is 0.413. The van der Waals surface area contributed by atoms with Crippen LogP contribution in [0.15, 0.2) is 29.3 Å². The summed E-state index contributed by atoms with van der Waals surface area (Å²) >= 11 is 6.03. The highest BCUT2D eigenvalue weighted by Gasteiger charge is 2.44. The first kappa shape index (κ1) is 20.7. The van der Waals surface area contributed by atoms with Gasteiger partial charge in [0, 0.05) is 44.8 Å². The average Bonchev–Trinajstić information content (AvgIpc) is 3.47. The van der Waals surface area contributed by atoms with Gasteiger partial charge in [0.25, 0.3) is 0 Å². The summed E-state index contributed by atoms with van der Waals surface area (Å²) in [5.41, 5.74) is 1.51. The molecule has 0 aromatic heterocycles. The zero-order valence-corrected chi connectivity index (χ0v) is 18.0. The predicted molar refractivity (Wildman–Crippen MR) is 116 cm³/mol.